The Balaban J connectivity index is 1.57. The average molecular weight is 487 g/mol. The van der Waals surface area contributed by atoms with Gasteiger partial charge < -0.3 is 5.11 Å². The molecule has 3 heterocycles. The molecule has 1 atom stereocenters. The molecule has 0 radical (unpaired) electrons. The Labute approximate surface area is 205 Å². The van der Waals surface area contributed by atoms with Gasteiger partial charge in [0.1, 0.15) is 5.75 Å². The fourth-order valence-corrected chi connectivity index (χ4v) is 5.46. The van der Waals surface area contributed by atoms with Gasteiger partial charge in [-0.15, -0.1) is 10.2 Å². The molecule has 2 aromatic heterocycles. The molecule has 0 amide bonds. The van der Waals surface area contributed by atoms with Crippen molar-refractivity contribution in [2.24, 2.45) is 0 Å². The number of phenols is 1. The summed E-state index contributed by atoms with van der Waals surface area (Å²) in [6, 6.07) is 24.8. The molecule has 1 unspecified atom stereocenters. The van der Waals surface area contributed by atoms with E-state index in [1.54, 1.807) is 23.9 Å². The number of nitrogens with one attached hydrogen (secondary N) is 1. The second-order valence-corrected chi connectivity index (χ2v) is 9.45. The highest BCUT2D eigenvalue weighted by Gasteiger charge is 2.33. The number of nitrogens with zero attached hydrogens (tertiary/aromatic N) is 5. The molecule has 9 heteroatoms. The number of benzene rings is 3. The number of halogens is 1. The number of aromatic hydroxyl groups is 1. The number of thioether (sulfide) groups is 1. The van der Waals surface area contributed by atoms with Crippen LogP contribution in [0.1, 0.15) is 22.1 Å². The quantitative estimate of drug-likeness (QED) is 0.332. The topological polar surface area (TPSA) is 80.8 Å². The van der Waals surface area contributed by atoms with Crippen LogP contribution < -0.4 is 5.43 Å². The Morgan fingerprint density at radius 3 is 2.41 bits per heavy atom. The first-order chi connectivity index (χ1) is 16.6. The first-order valence-electron chi connectivity index (χ1n) is 10.7. The fraction of sp³-hybridized carbons (Fsp3) is 0.0800. The zero-order valence-electron chi connectivity index (χ0n) is 18.1. The second kappa shape index (κ2) is 8.23. The number of phenolic OH excluding ortho intramolecular Hbond substituents is 1. The largest absolute Gasteiger partial charge is 0.508 e. The third-order valence-corrected chi connectivity index (χ3v) is 7.21. The lowest BCUT2D eigenvalue weighted by Crippen LogP contribution is -2.15. The predicted molar refractivity (Wildman–Crippen MR) is 134 cm³/mol. The lowest BCUT2D eigenvalue weighted by Gasteiger charge is -2.15. The molecule has 34 heavy (non-hydrogen) atoms. The summed E-state index contributed by atoms with van der Waals surface area (Å²) in [6.07, 6.45) is 0. The lowest BCUT2D eigenvalue weighted by atomic mass is 10.0. The maximum absolute atomic E-state index is 9.85. The van der Waals surface area contributed by atoms with E-state index < -0.39 is 0 Å². The van der Waals surface area contributed by atoms with Gasteiger partial charge in [0.25, 0.3) is 0 Å². The molecule has 3 aromatic carbocycles. The molecular weight excluding hydrogens is 468 g/mol. The zero-order chi connectivity index (χ0) is 23.2. The first kappa shape index (κ1) is 20.8. The number of hydrogen-bond donors (Lipinski definition) is 2. The second-order valence-electron chi connectivity index (χ2n) is 7.94. The van der Waals surface area contributed by atoms with Crippen LogP contribution in [0, 0.1) is 6.92 Å². The average Bonchev–Trinajstić information content (AvgIpc) is 3.34. The van der Waals surface area contributed by atoms with Gasteiger partial charge in [-0.1, -0.05) is 53.7 Å². The van der Waals surface area contributed by atoms with Crippen LogP contribution in [0.5, 0.6) is 5.75 Å². The van der Waals surface area contributed by atoms with Crippen LogP contribution in [0.15, 0.2) is 84.0 Å². The van der Waals surface area contributed by atoms with Crippen LogP contribution >= 0.6 is 23.4 Å². The number of fused-ring (bicyclic) bond motifs is 2. The van der Waals surface area contributed by atoms with Gasteiger partial charge in [-0.3, -0.25) is 5.43 Å². The van der Waals surface area contributed by atoms with Crippen LogP contribution in [0.25, 0.3) is 17.1 Å². The van der Waals surface area contributed by atoms with Gasteiger partial charge in [0.2, 0.25) is 5.16 Å². The van der Waals surface area contributed by atoms with Crippen LogP contribution in [0.2, 0.25) is 5.02 Å². The van der Waals surface area contributed by atoms with Crippen molar-refractivity contribution in [3.8, 4) is 22.8 Å². The number of hydrogen-bond acceptors (Lipinski definition) is 6. The maximum atomic E-state index is 9.85. The highest BCUT2D eigenvalue weighted by molar-refractivity contribution is 7.99. The molecule has 0 spiro atoms. The minimum atomic E-state index is -0.107. The minimum absolute atomic E-state index is 0.107. The molecule has 168 valence electrons. The van der Waals surface area contributed by atoms with Gasteiger partial charge in [-0.2, -0.15) is 5.10 Å². The van der Waals surface area contributed by atoms with E-state index >= 15 is 0 Å². The van der Waals surface area contributed by atoms with Gasteiger partial charge >= 0.3 is 0 Å². The van der Waals surface area contributed by atoms with Crippen molar-refractivity contribution in [1.29, 1.82) is 0 Å². The standard InChI is InChI=1S/C25H19ClN6OS/c1-15-21-22(16-9-13-20(33)14-10-16)34-25-28-27-23(17-7-11-18(26)12-8-17)32(25)30-24(21)31(29-15)19-5-3-2-4-6-19/h2-14,22,30,33H,1H3. The number of anilines is 1. The van der Waals surface area contributed by atoms with Crippen molar-refractivity contribution in [3.05, 3.63) is 101 Å². The van der Waals surface area contributed by atoms with E-state index in [1.807, 2.05) is 83.0 Å². The molecule has 2 N–H and O–H groups in total. The van der Waals surface area contributed by atoms with Crippen LogP contribution in [-0.2, 0) is 0 Å². The predicted octanol–water partition coefficient (Wildman–Crippen LogP) is 5.87. The molecule has 0 saturated heterocycles. The Hall–Kier alpha value is -3.75. The summed E-state index contributed by atoms with van der Waals surface area (Å²) in [5, 5.41) is 25.0. The molecule has 1 aliphatic rings. The minimum Gasteiger partial charge on any atom is -0.508 e. The van der Waals surface area contributed by atoms with E-state index in [0.717, 1.165) is 39.0 Å². The van der Waals surface area contributed by atoms with Crippen molar-refractivity contribution in [2.75, 3.05) is 5.43 Å². The molecule has 0 bridgehead atoms. The summed E-state index contributed by atoms with van der Waals surface area (Å²) in [5.74, 6) is 1.74. The van der Waals surface area contributed by atoms with E-state index in [4.69, 9.17) is 16.7 Å². The smallest absolute Gasteiger partial charge is 0.211 e. The van der Waals surface area contributed by atoms with E-state index in [2.05, 4.69) is 15.6 Å². The van der Waals surface area contributed by atoms with Gasteiger partial charge in [-0.25, -0.2) is 9.36 Å². The number of aryl methyl sites for hydroxylation is 1. The summed E-state index contributed by atoms with van der Waals surface area (Å²) in [6.45, 7) is 2.01. The molecule has 7 nitrogen and oxygen atoms in total. The molecule has 1 aliphatic heterocycles. The summed E-state index contributed by atoms with van der Waals surface area (Å²) in [5.41, 5.74) is 8.38. The molecular formula is C25H19ClN6OS. The summed E-state index contributed by atoms with van der Waals surface area (Å²) >= 11 is 7.69. The van der Waals surface area contributed by atoms with Crippen LogP contribution in [-0.4, -0.2) is 29.8 Å². The van der Waals surface area contributed by atoms with Crippen molar-refractivity contribution >= 4 is 29.2 Å². The van der Waals surface area contributed by atoms with E-state index in [9.17, 15) is 5.11 Å². The highest BCUT2D eigenvalue weighted by Crippen LogP contribution is 2.47. The lowest BCUT2D eigenvalue weighted by molar-refractivity contribution is 0.475. The Kier molecular flexibility index (Phi) is 5.04. The zero-order valence-corrected chi connectivity index (χ0v) is 19.6. The summed E-state index contributed by atoms with van der Waals surface area (Å²) in [4.78, 5) is 0. The van der Waals surface area contributed by atoms with Crippen molar-refractivity contribution in [2.45, 2.75) is 17.3 Å². The summed E-state index contributed by atoms with van der Waals surface area (Å²) in [7, 11) is 0. The Morgan fingerprint density at radius 2 is 1.68 bits per heavy atom. The third kappa shape index (κ3) is 3.52. The fourth-order valence-electron chi connectivity index (χ4n) is 4.10. The molecule has 0 aliphatic carbocycles. The number of aromatic nitrogens is 5. The SMILES string of the molecule is Cc1nn(-c2ccccc2)c2c1C(c1ccc(O)cc1)Sc1nnc(-c3ccc(Cl)cc3)n1N2. The molecule has 0 saturated carbocycles. The Morgan fingerprint density at radius 1 is 0.941 bits per heavy atom. The molecule has 6 rings (SSSR count). The number of para-hydroxylation sites is 1. The van der Waals surface area contributed by atoms with Gasteiger partial charge in [-0.05, 0) is 61.0 Å². The van der Waals surface area contributed by atoms with Crippen LogP contribution in [0.3, 0.4) is 0 Å². The van der Waals surface area contributed by atoms with E-state index in [-0.39, 0.29) is 11.0 Å². The monoisotopic (exact) mass is 486 g/mol. The van der Waals surface area contributed by atoms with Crippen molar-refractivity contribution in [1.82, 2.24) is 24.7 Å². The van der Waals surface area contributed by atoms with Gasteiger partial charge in [0.15, 0.2) is 11.6 Å². The number of rotatable bonds is 3. The van der Waals surface area contributed by atoms with E-state index in [1.165, 1.54) is 0 Å². The molecule has 0 fully saturated rings. The van der Waals surface area contributed by atoms with Crippen molar-refractivity contribution < 1.29 is 5.11 Å². The Bertz CT molecular complexity index is 1480. The summed E-state index contributed by atoms with van der Waals surface area (Å²) < 4.78 is 3.81. The molecule has 5 aromatic rings. The van der Waals surface area contributed by atoms with E-state index in [0.29, 0.717) is 10.8 Å². The normalized spacial score (nSPS) is 14.7. The highest BCUT2D eigenvalue weighted by atomic mass is 35.5. The van der Waals surface area contributed by atoms with Gasteiger partial charge in [0, 0.05) is 16.1 Å². The van der Waals surface area contributed by atoms with Crippen molar-refractivity contribution in [3.63, 3.8) is 0 Å². The maximum Gasteiger partial charge on any atom is 0.211 e. The first-order valence-corrected chi connectivity index (χ1v) is 11.9. The van der Waals surface area contributed by atoms with Crippen LogP contribution in [0.4, 0.5) is 5.82 Å². The third-order valence-electron chi connectivity index (χ3n) is 5.74. The van der Waals surface area contributed by atoms with Gasteiger partial charge in [0.05, 0.1) is 16.6 Å².